The molecule has 0 radical (unpaired) electrons. The average Bonchev–Trinajstić information content (AvgIpc) is 2.66. The number of hydrogen-bond acceptors (Lipinski definition) is 3. The zero-order chi connectivity index (χ0) is 14.9. The largest absolute Gasteiger partial charge is 0.309 e. The minimum Gasteiger partial charge on any atom is -0.309 e. The normalized spacial score (nSPS) is 24.8. The molecule has 1 fully saturated rings. The molecule has 114 valence electrons. The van der Waals surface area contributed by atoms with Gasteiger partial charge in [-0.1, -0.05) is 20.3 Å². The summed E-state index contributed by atoms with van der Waals surface area (Å²) in [5.74, 6) is 0.716. The predicted molar refractivity (Wildman–Crippen MR) is 83.7 cm³/mol. The van der Waals surface area contributed by atoms with Crippen LogP contribution in [0.15, 0.2) is 6.07 Å². The zero-order valence-corrected chi connectivity index (χ0v) is 13.9. The molecule has 2 atom stereocenters. The van der Waals surface area contributed by atoms with Crippen LogP contribution in [0.4, 0.5) is 0 Å². The number of piperazine rings is 1. The summed E-state index contributed by atoms with van der Waals surface area (Å²) in [5, 5.41) is 8.17. The molecule has 1 N–H and O–H groups in total. The summed E-state index contributed by atoms with van der Waals surface area (Å²) in [5.41, 5.74) is 2.61. The molecule has 4 nitrogen and oxygen atoms in total. The van der Waals surface area contributed by atoms with E-state index in [1.165, 1.54) is 12.1 Å². The molecule has 4 heteroatoms. The molecule has 0 bridgehead atoms. The lowest BCUT2D eigenvalue weighted by molar-refractivity contribution is 0.0552. The van der Waals surface area contributed by atoms with Crippen molar-refractivity contribution in [3.8, 4) is 0 Å². The topological polar surface area (TPSA) is 33.1 Å². The van der Waals surface area contributed by atoms with E-state index in [0.29, 0.717) is 12.0 Å². The predicted octanol–water partition coefficient (Wildman–Crippen LogP) is 2.33. The van der Waals surface area contributed by atoms with Gasteiger partial charge in [-0.3, -0.25) is 9.58 Å². The second-order valence-electron chi connectivity index (χ2n) is 7.02. The number of aromatic nitrogens is 2. The van der Waals surface area contributed by atoms with Gasteiger partial charge in [0.1, 0.15) is 0 Å². The van der Waals surface area contributed by atoms with Crippen molar-refractivity contribution in [3.05, 3.63) is 17.5 Å². The summed E-state index contributed by atoms with van der Waals surface area (Å²) >= 11 is 0. The molecule has 0 spiro atoms. The Kier molecular flexibility index (Phi) is 4.55. The molecular weight excluding hydrogens is 248 g/mol. The van der Waals surface area contributed by atoms with Crippen LogP contribution >= 0.6 is 0 Å². The van der Waals surface area contributed by atoms with E-state index in [1.54, 1.807) is 0 Å². The highest BCUT2D eigenvalue weighted by molar-refractivity contribution is 5.09. The summed E-state index contributed by atoms with van der Waals surface area (Å²) in [6.45, 7) is 14.5. The van der Waals surface area contributed by atoms with E-state index < -0.39 is 0 Å². The Morgan fingerprint density at radius 1 is 1.50 bits per heavy atom. The van der Waals surface area contributed by atoms with E-state index in [2.05, 4.69) is 56.0 Å². The zero-order valence-electron chi connectivity index (χ0n) is 13.9. The Hall–Kier alpha value is -0.870. The number of rotatable bonds is 4. The van der Waals surface area contributed by atoms with Crippen LogP contribution in [0.1, 0.15) is 45.5 Å². The molecule has 2 unspecified atom stereocenters. The van der Waals surface area contributed by atoms with E-state index in [0.717, 1.165) is 25.3 Å². The van der Waals surface area contributed by atoms with E-state index in [-0.39, 0.29) is 5.54 Å². The molecule has 0 amide bonds. The van der Waals surface area contributed by atoms with E-state index >= 15 is 0 Å². The molecule has 2 rings (SSSR count). The van der Waals surface area contributed by atoms with E-state index in [1.807, 2.05) is 11.7 Å². The van der Waals surface area contributed by atoms with Crippen LogP contribution in [-0.4, -0.2) is 39.4 Å². The van der Waals surface area contributed by atoms with Crippen molar-refractivity contribution >= 4 is 0 Å². The Morgan fingerprint density at radius 3 is 2.75 bits per heavy atom. The third-order valence-electron chi connectivity index (χ3n) is 4.62. The monoisotopic (exact) mass is 278 g/mol. The molecule has 0 aromatic carbocycles. The molecular formula is C16H30N4. The van der Waals surface area contributed by atoms with Crippen LogP contribution in [0, 0.1) is 12.8 Å². The van der Waals surface area contributed by atoms with Gasteiger partial charge in [0.25, 0.3) is 0 Å². The second-order valence-corrected chi connectivity index (χ2v) is 7.02. The quantitative estimate of drug-likeness (QED) is 0.917. The third-order valence-corrected chi connectivity index (χ3v) is 4.62. The molecule has 1 aliphatic rings. The van der Waals surface area contributed by atoms with Crippen LogP contribution in [0.5, 0.6) is 0 Å². The number of nitrogens with one attached hydrogen (secondary N) is 1. The maximum Gasteiger partial charge on any atom is 0.0597 e. The van der Waals surface area contributed by atoms with Gasteiger partial charge in [0.05, 0.1) is 11.4 Å². The smallest absolute Gasteiger partial charge is 0.0597 e. The fourth-order valence-electron chi connectivity index (χ4n) is 3.22. The summed E-state index contributed by atoms with van der Waals surface area (Å²) in [6, 6.07) is 2.83. The van der Waals surface area contributed by atoms with Crippen molar-refractivity contribution in [2.45, 2.75) is 59.2 Å². The molecule has 20 heavy (non-hydrogen) atoms. The van der Waals surface area contributed by atoms with Crippen molar-refractivity contribution in [2.24, 2.45) is 13.0 Å². The Balaban J connectivity index is 2.16. The van der Waals surface area contributed by atoms with Gasteiger partial charge in [0.2, 0.25) is 0 Å². The van der Waals surface area contributed by atoms with Crippen molar-refractivity contribution in [2.75, 3.05) is 13.1 Å². The molecule has 0 aliphatic carbocycles. The van der Waals surface area contributed by atoms with Gasteiger partial charge in [-0.15, -0.1) is 0 Å². The average molecular weight is 278 g/mol. The summed E-state index contributed by atoms with van der Waals surface area (Å²) < 4.78 is 2.03. The second kappa shape index (κ2) is 5.86. The van der Waals surface area contributed by atoms with Gasteiger partial charge in [-0.25, -0.2) is 0 Å². The number of aryl methyl sites for hydroxylation is 2. The van der Waals surface area contributed by atoms with Crippen LogP contribution in [0.25, 0.3) is 0 Å². The number of nitrogens with zero attached hydrogens (tertiary/aromatic N) is 3. The molecule has 1 saturated heterocycles. The highest BCUT2D eigenvalue weighted by Crippen LogP contribution is 2.24. The minimum absolute atomic E-state index is 0.192. The summed E-state index contributed by atoms with van der Waals surface area (Å²) in [4.78, 5) is 2.64. The lowest BCUT2D eigenvalue weighted by atomic mass is 9.90. The third kappa shape index (κ3) is 3.41. The minimum atomic E-state index is 0.192. The molecule has 0 saturated carbocycles. The first-order chi connectivity index (χ1) is 9.32. The van der Waals surface area contributed by atoms with Crippen molar-refractivity contribution < 1.29 is 0 Å². The van der Waals surface area contributed by atoms with Crippen molar-refractivity contribution in [1.29, 1.82) is 0 Å². The van der Waals surface area contributed by atoms with Crippen molar-refractivity contribution in [3.63, 3.8) is 0 Å². The highest BCUT2D eigenvalue weighted by atomic mass is 15.3. The maximum absolute atomic E-state index is 4.48. The SMILES string of the molecule is CCC(C)C1CNC(C)(C)CN1Cc1cc(C)nn1C. The van der Waals surface area contributed by atoms with Gasteiger partial charge in [-0.2, -0.15) is 5.10 Å². The Labute approximate surface area is 123 Å². The Bertz CT molecular complexity index is 449. The van der Waals surface area contributed by atoms with Crippen LogP contribution in [0.3, 0.4) is 0 Å². The van der Waals surface area contributed by atoms with Gasteiger partial charge in [-0.05, 0) is 32.8 Å². The lowest BCUT2D eigenvalue weighted by Crippen LogP contribution is -2.62. The standard InChI is InChI=1S/C16H30N4/c1-7-12(2)15-9-17-16(4,5)11-20(15)10-14-8-13(3)18-19(14)6/h8,12,15,17H,7,9-11H2,1-6H3. The first kappa shape index (κ1) is 15.5. The van der Waals surface area contributed by atoms with Gasteiger partial charge in [0.15, 0.2) is 0 Å². The summed E-state index contributed by atoms with van der Waals surface area (Å²) in [6.07, 6.45) is 1.23. The fraction of sp³-hybridized carbons (Fsp3) is 0.812. The highest BCUT2D eigenvalue weighted by Gasteiger charge is 2.34. The van der Waals surface area contributed by atoms with Crippen LogP contribution in [0.2, 0.25) is 0 Å². The Morgan fingerprint density at radius 2 is 2.20 bits per heavy atom. The molecule has 1 aliphatic heterocycles. The van der Waals surface area contributed by atoms with Gasteiger partial charge < -0.3 is 5.32 Å². The van der Waals surface area contributed by atoms with Crippen LogP contribution < -0.4 is 5.32 Å². The molecule has 2 heterocycles. The van der Waals surface area contributed by atoms with Crippen molar-refractivity contribution in [1.82, 2.24) is 20.0 Å². The van der Waals surface area contributed by atoms with E-state index in [4.69, 9.17) is 0 Å². The first-order valence-corrected chi connectivity index (χ1v) is 7.81. The summed E-state index contributed by atoms with van der Waals surface area (Å²) in [7, 11) is 2.05. The van der Waals surface area contributed by atoms with Gasteiger partial charge in [0, 0.05) is 38.3 Å². The van der Waals surface area contributed by atoms with E-state index in [9.17, 15) is 0 Å². The maximum atomic E-state index is 4.48. The molecule has 1 aromatic heterocycles. The van der Waals surface area contributed by atoms with Crippen LogP contribution in [-0.2, 0) is 13.6 Å². The lowest BCUT2D eigenvalue weighted by Gasteiger charge is -2.46. The molecule has 1 aromatic rings. The number of hydrogen-bond donors (Lipinski definition) is 1. The first-order valence-electron chi connectivity index (χ1n) is 7.81. The fourth-order valence-corrected chi connectivity index (χ4v) is 3.22. The van der Waals surface area contributed by atoms with Gasteiger partial charge >= 0.3 is 0 Å².